The number of thiophene rings is 1. The Morgan fingerprint density at radius 3 is 2.89 bits per heavy atom. The van der Waals surface area contributed by atoms with Gasteiger partial charge in [-0.15, -0.1) is 11.3 Å². The number of nitrogens with one attached hydrogen (secondary N) is 1. The number of nitrogens with zero attached hydrogens (tertiary/aromatic N) is 1. The largest absolute Gasteiger partial charge is 0.356 e. The number of nitrogens with two attached hydrogens (primary N) is 1. The molecule has 1 atom stereocenters. The van der Waals surface area contributed by atoms with Crippen LogP contribution in [-0.2, 0) is 11.3 Å². The van der Waals surface area contributed by atoms with Crippen LogP contribution < -0.4 is 11.1 Å². The minimum Gasteiger partial charge on any atom is -0.356 e. The van der Waals surface area contributed by atoms with E-state index in [0.29, 0.717) is 19.5 Å². The van der Waals surface area contributed by atoms with Gasteiger partial charge < -0.3 is 11.1 Å². The molecule has 0 bridgehead atoms. The van der Waals surface area contributed by atoms with Gasteiger partial charge in [-0.2, -0.15) is 0 Å². The van der Waals surface area contributed by atoms with Crippen LogP contribution in [0, 0.1) is 0 Å². The predicted octanol–water partition coefficient (Wildman–Crippen LogP) is 1.80. The van der Waals surface area contributed by atoms with Crippen molar-refractivity contribution in [1.29, 1.82) is 0 Å². The van der Waals surface area contributed by atoms with Gasteiger partial charge in [0.2, 0.25) is 5.91 Å². The van der Waals surface area contributed by atoms with E-state index in [1.807, 2.05) is 14.0 Å². The maximum atomic E-state index is 11.6. The average Bonchev–Trinajstić information content (AvgIpc) is 2.72. The molecule has 0 aromatic carbocycles. The van der Waals surface area contributed by atoms with Crippen molar-refractivity contribution in [1.82, 2.24) is 10.2 Å². The number of carbonyl (C=O) groups excluding carboxylic acids is 1. The van der Waals surface area contributed by atoms with E-state index in [9.17, 15) is 4.79 Å². The number of amides is 1. The maximum absolute atomic E-state index is 11.6. The first-order valence-electron chi connectivity index (χ1n) is 5.96. The summed E-state index contributed by atoms with van der Waals surface area (Å²) >= 11 is 5.12. The zero-order valence-corrected chi connectivity index (χ0v) is 13.2. The number of rotatable bonds is 7. The van der Waals surface area contributed by atoms with Crippen molar-refractivity contribution in [2.45, 2.75) is 25.9 Å². The summed E-state index contributed by atoms with van der Waals surface area (Å²) in [6.45, 7) is 3.88. The number of likely N-dealkylation sites (N-methyl/N-ethyl adjacent to an activating group) is 1. The molecule has 1 heterocycles. The second-order valence-electron chi connectivity index (χ2n) is 4.22. The maximum Gasteiger partial charge on any atom is 0.221 e. The molecule has 0 aliphatic rings. The van der Waals surface area contributed by atoms with Crippen molar-refractivity contribution in [2.24, 2.45) is 5.73 Å². The van der Waals surface area contributed by atoms with Crippen molar-refractivity contribution < 1.29 is 4.79 Å². The van der Waals surface area contributed by atoms with Crippen LogP contribution in [0.15, 0.2) is 15.2 Å². The molecule has 3 N–H and O–H groups in total. The Morgan fingerprint density at radius 2 is 2.39 bits per heavy atom. The lowest BCUT2D eigenvalue weighted by Gasteiger charge is -2.26. The number of carbonyl (C=O) groups is 1. The first-order chi connectivity index (χ1) is 8.56. The molecule has 6 heteroatoms. The molecule has 1 aromatic rings. The van der Waals surface area contributed by atoms with Gasteiger partial charge in [0.1, 0.15) is 0 Å². The van der Waals surface area contributed by atoms with Gasteiger partial charge in [-0.05, 0) is 46.9 Å². The van der Waals surface area contributed by atoms with Crippen molar-refractivity contribution in [3.8, 4) is 0 Å². The van der Waals surface area contributed by atoms with E-state index in [1.165, 1.54) is 5.56 Å². The molecule has 18 heavy (non-hydrogen) atoms. The number of hydrogen-bond acceptors (Lipinski definition) is 4. The zero-order chi connectivity index (χ0) is 13.5. The van der Waals surface area contributed by atoms with Crippen LogP contribution in [0.3, 0.4) is 0 Å². The van der Waals surface area contributed by atoms with Gasteiger partial charge in [-0.25, -0.2) is 0 Å². The molecule has 1 rings (SSSR count). The van der Waals surface area contributed by atoms with Crippen LogP contribution in [0.4, 0.5) is 0 Å². The Labute approximate surface area is 121 Å². The fourth-order valence-corrected chi connectivity index (χ4v) is 2.95. The number of halogens is 1. The normalized spacial score (nSPS) is 12.7. The molecule has 0 radical (unpaired) electrons. The summed E-state index contributed by atoms with van der Waals surface area (Å²) in [5.41, 5.74) is 6.99. The smallest absolute Gasteiger partial charge is 0.221 e. The van der Waals surface area contributed by atoms with E-state index in [0.717, 1.165) is 10.3 Å². The van der Waals surface area contributed by atoms with Crippen molar-refractivity contribution in [2.75, 3.05) is 20.1 Å². The molecule has 102 valence electrons. The molecule has 4 nitrogen and oxygen atoms in total. The van der Waals surface area contributed by atoms with Gasteiger partial charge in [0.05, 0.1) is 3.79 Å². The minimum atomic E-state index is 0.0614. The molecular weight excluding hydrogens is 314 g/mol. The fourth-order valence-electron chi connectivity index (χ4n) is 1.75. The van der Waals surface area contributed by atoms with Gasteiger partial charge >= 0.3 is 0 Å². The van der Waals surface area contributed by atoms with Crippen LogP contribution in [0.5, 0.6) is 0 Å². The molecule has 0 saturated carbocycles. The number of hydrogen-bond donors (Lipinski definition) is 2. The third-order valence-electron chi connectivity index (χ3n) is 2.74. The summed E-state index contributed by atoms with van der Waals surface area (Å²) in [6.07, 6.45) is 0.451. The lowest BCUT2D eigenvalue weighted by Crippen LogP contribution is -2.41. The van der Waals surface area contributed by atoms with E-state index in [4.69, 9.17) is 5.73 Å². The molecule has 0 aliphatic carbocycles. The highest BCUT2D eigenvalue weighted by Gasteiger charge is 2.17. The molecule has 1 aromatic heterocycles. The third-order valence-corrected chi connectivity index (χ3v) is 4.30. The van der Waals surface area contributed by atoms with E-state index >= 15 is 0 Å². The first kappa shape index (κ1) is 15.6. The summed E-state index contributed by atoms with van der Waals surface area (Å²) in [5.74, 6) is 0.0614. The van der Waals surface area contributed by atoms with Gasteiger partial charge in [-0.3, -0.25) is 9.69 Å². The van der Waals surface area contributed by atoms with Gasteiger partial charge in [-0.1, -0.05) is 0 Å². The summed E-state index contributed by atoms with van der Waals surface area (Å²) in [5, 5.41) is 4.92. The predicted molar refractivity (Wildman–Crippen MR) is 79.6 cm³/mol. The summed E-state index contributed by atoms with van der Waals surface area (Å²) in [4.78, 5) is 13.7. The van der Waals surface area contributed by atoms with Crippen molar-refractivity contribution in [3.05, 3.63) is 20.8 Å². The van der Waals surface area contributed by atoms with Gasteiger partial charge in [0.15, 0.2) is 0 Å². The van der Waals surface area contributed by atoms with Crippen molar-refractivity contribution in [3.63, 3.8) is 0 Å². The highest BCUT2D eigenvalue weighted by molar-refractivity contribution is 9.11. The van der Waals surface area contributed by atoms with Gasteiger partial charge in [0, 0.05) is 32.1 Å². The topological polar surface area (TPSA) is 58.4 Å². The molecule has 1 unspecified atom stereocenters. The Hall–Kier alpha value is -0.430. The lowest BCUT2D eigenvalue weighted by molar-refractivity contribution is -0.122. The van der Waals surface area contributed by atoms with Crippen molar-refractivity contribution >= 4 is 33.2 Å². The first-order valence-corrected chi connectivity index (χ1v) is 7.64. The van der Waals surface area contributed by atoms with Crippen LogP contribution in [0.2, 0.25) is 0 Å². The summed E-state index contributed by atoms with van der Waals surface area (Å²) in [7, 11) is 2.00. The van der Waals surface area contributed by atoms with E-state index < -0.39 is 0 Å². The SMILES string of the molecule is CCNC(=O)CC(CN)N(C)Cc1csc(Br)c1. The monoisotopic (exact) mass is 333 g/mol. The lowest BCUT2D eigenvalue weighted by atomic mass is 10.1. The zero-order valence-electron chi connectivity index (χ0n) is 10.8. The Balaban J connectivity index is 2.51. The fraction of sp³-hybridized carbons (Fsp3) is 0.583. The Kier molecular flexibility index (Phi) is 6.85. The third kappa shape index (κ3) is 5.06. The molecule has 0 aliphatic heterocycles. The van der Waals surface area contributed by atoms with E-state index in [2.05, 4.69) is 37.6 Å². The summed E-state index contributed by atoms with van der Waals surface area (Å²) in [6, 6.07) is 2.18. The standard InChI is InChI=1S/C12H20BrN3OS/c1-3-15-12(17)5-10(6-14)16(2)7-9-4-11(13)18-8-9/h4,8,10H,3,5-7,14H2,1-2H3,(H,15,17). The Morgan fingerprint density at radius 1 is 1.67 bits per heavy atom. The van der Waals surface area contributed by atoms with E-state index in [-0.39, 0.29) is 11.9 Å². The second kappa shape index (κ2) is 7.89. The minimum absolute atomic E-state index is 0.0614. The summed E-state index contributed by atoms with van der Waals surface area (Å²) < 4.78 is 1.12. The molecule has 1 amide bonds. The highest BCUT2D eigenvalue weighted by Crippen LogP contribution is 2.22. The average molecular weight is 334 g/mol. The highest BCUT2D eigenvalue weighted by atomic mass is 79.9. The van der Waals surface area contributed by atoms with Crippen LogP contribution >= 0.6 is 27.3 Å². The quantitative estimate of drug-likeness (QED) is 0.799. The van der Waals surface area contributed by atoms with E-state index in [1.54, 1.807) is 11.3 Å². The molecule has 0 saturated heterocycles. The van der Waals surface area contributed by atoms with Crippen LogP contribution in [-0.4, -0.2) is 37.0 Å². The van der Waals surface area contributed by atoms with Crippen LogP contribution in [0.25, 0.3) is 0 Å². The van der Waals surface area contributed by atoms with Gasteiger partial charge in [0.25, 0.3) is 0 Å². The van der Waals surface area contributed by atoms with Crippen LogP contribution in [0.1, 0.15) is 18.9 Å². The molecule has 0 fully saturated rings. The second-order valence-corrected chi connectivity index (χ2v) is 6.51. The Bertz CT molecular complexity index is 383. The molecule has 0 spiro atoms. The molecular formula is C12H20BrN3OS.